The molecular weight excluding hydrogens is 258 g/mol. The van der Waals surface area contributed by atoms with Gasteiger partial charge in [0.1, 0.15) is 0 Å². The van der Waals surface area contributed by atoms with E-state index in [4.69, 9.17) is 0 Å². The zero-order chi connectivity index (χ0) is 14.5. The summed E-state index contributed by atoms with van der Waals surface area (Å²) in [4.78, 5) is 16.5. The van der Waals surface area contributed by atoms with E-state index in [0.29, 0.717) is 6.42 Å². The van der Waals surface area contributed by atoms with E-state index in [0.717, 1.165) is 22.4 Å². The summed E-state index contributed by atoms with van der Waals surface area (Å²) < 4.78 is 0. The zero-order valence-corrected chi connectivity index (χ0v) is 11.6. The summed E-state index contributed by atoms with van der Waals surface area (Å²) >= 11 is 0. The molecule has 3 aromatic rings. The van der Waals surface area contributed by atoms with Crippen LogP contribution in [0.25, 0.3) is 11.3 Å². The molecule has 0 saturated heterocycles. The lowest BCUT2D eigenvalue weighted by atomic mass is 10.0. The average molecular weight is 273 g/mol. The van der Waals surface area contributed by atoms with Crippen LogP contribution in [-0.4, -0.2) is 10.8 Å². The first-order valence-electron chi connectivity index (χ1n) is 6.91. The van der Waals surface area contributed by atoms with Crippen LogP contribution in [0.2, 0.25) is 0 Å². The van der Waals surface area contributed by atoms with Gasteiger partial charge in [-0.25, -0.2) is 0 Å². The molecule has 102 valence electrons. The molecule has 1 aromatic heterocycles. The number of Topliss-reactive ketones (excluding diaryl/α,β-unsaturated/α-hetero) is 1. The molecule has 0 amide bonds. The van der Waals surface area contributed by atoms with Crippen LogP contribution in [-0.2, 0) is 6.42 Å². The number of benzene rings is 2. The van der Waals surface area contributed by atoms with Gasteiger partial charge in [-0.2, -0.15) is 0 Å². The lowest BCUT2D eigenvalue weighted by Crippen LogP contribution is -2.03. The molecule has 1 heterocycles. The Balaban J connectivity index is 1.75. The summed E-state index contributed by atoms with van der Waals surface area (Å²) in [6, 6.07) is 23.2. The van der Waals surface area contributed by atoms with Crippen molar-refractivity contribution in [2.75, 3.05) is 0 Å². The summed E-state index contributed by atoms with van der Waals surface area (Å²) in [5.74, 6) is 0.140. The summed E-state index contributed by atoms with van der Waals surface area (Å²) in [5, 5.41) is 0. The van der Waals surface area contributed by atoms with Crippen LogP contribution in [0, 0.1) is 0 Å². The summed E-state index contributed by atoms with van der Waals surface area (Å²) in [6.45, 7) is 0. The van der Waals surface area contributed by atoms with Crippen LogP contribution in [0.15, 0.2) is 79.0 Å². The third-order valence-electron chi connectivity index (χ3n) is 3.38. The summed E-state index contributed by atoms with van der Waals surface area (Å²) in [6.07, 6.45) is 2.20. The Morgan fingerprint density at radius 3 is 2.19 bits per heavy atom. The molecule has 0 fully saturated rings. The van der Waals surface area contributed by atoms with Gasteiger partial charge in [0, 0.05) is 23.7 Å². The molecule has 0 aliphatic heterocycles. The van der Waals surface area contributed by atoms with Gasteiger partial charge in [0.15, 0.2) is 5.78 Å². The smallest absolute Gasteiger partial charge is 0.167 e. The molecule has 2 heteroatoms. The molecule has 0 bridgehead atoms. The lowest BCUT2D eigenvalue weighted by molar-refractivity contribution is 0.0993. The Hall–Kier alpha value is -2.74. The second kappa shape index (κ2) is 6.14. The molecule has 3 rings (SSSR count). The summed E-state index contributed by atoms with van der Waals surface area (Å²) in [5.41, 5.74) is 3.78. The van der Waals surface area contributed by atoms with Gasteiger partial charge in [-0.05, 0) is 17.7 Å². The number of pyridine rings is 1. The van der Waals surface area contributed by atoms with Gasteiger partial charge >= 0.3 is 0 Å². The molecule has 0 aliphatic rings. The molecule has 0 aliphatic carbocycles. The molecule has 0 saturated carbocycles. The minimum Gasteiger partial charge on any atom is -0.294 e. The predicted molar refractivity (Wildman–Crippen MR) is 84.1 cm³/mol. The van der Waals surface area contributed by atoms with Crippen molar-refractivity contribution in [3.63, 3.8) is 0 Å². The van der Waals surface area contributed by atoms with Crippen LogP contribution in [0.1, 0.15) is 15.9 Å². The highest BCUT2D eigenvalue weighted by atomic mass is 16.1. The maximum absolute atomic E-state index is 12.2. The number of hydrogen-bond donors (Lipinski definition) is 0. The highest BCUT2D eigenvalue weighted by Gasteiger charge is 2.06. The Kier molecular flexibility index (Phi) is 3.88. The van der Waals surface area contributed by atoms with Crippen molar-refractivity contribution in [3.05, 3.63) is 90.1 Å². The molecule has 0 N–H and O–H groups in total. The van der Waals surface area contributed by atoms with Crippen molar-refractivity contribution in [1.82, 2.24) is 4.98 Å². The SMILES string of the molecule is O=C(Cc1ccc(-c2ccccn2)cc1)c1ccccc1. The van der Waals surface area contributed by atoms with Crippen molar-refractivity contribution in [3.8, 4) is 11.3 Å². The van der Waals surface area contributed by atoms with Gasteiger partial charge < -0.3 is 0 Å². The van der Waals surface area contributed by atoms with Crippen LogP contribution < -0.4 is 0 Å². The number of rotatable bonds is 4. The normalized spacial score (nSPS) is 10.3. The van der Waals surface area contributed by atoms with Crippen molar-refractivity contribution < 1.29 is 4.79 Å². The molecule has 0 radical (unpaired) electrons. The fourth-order valence-electron chi connectivity index (χ4n) is 2.24. The van der Waals surface area contributed by atoms with Gasteiger partial charge in [-0.15, -0.1) is 0 Å². The lowest BCUT2D eigenvalue weighted by Gasteiger charge is -2.04. The first-order valence-corrected chi connectivity index (χ1v) is 6.91. The van der Waals surface area contributed by atoms with E-state index in [1.54, 1.807) is 6.20 Å². The van der Waals surface area contributed by atoms with Crippen LogP contribution in [0.4, 0.5) is 0 Å². The minimum atomic E-state index is 0.140. The molecule has 21 heavy (non-hydrogen) atoms. The van der Waals surface area contributed by atoms with Crippen molar-refractivity contribution in [1.29, 1.82) is 0 Å². The number of hydrogen-bond acceptors (Lipinski definition) is 2. The van der Waals surface area contributed by atoms with E-state index in [2.05, 4.69) is 4.98 Å². The maximum Gasteiger partial charge on any atom is 0.167 e. The zero-order valence-electron chi connectivity index (χ0n) is 11.6. The van der Waals surface area contributed by atoms with Crippen LogP contribution in [0.3, 0.4) is 0 Å². The Bertz CT molecular complexity index is 719. The maximum atomic E-state index is 12.2. The fraction of sp³-hybridized carbons (Fsp3) is 0.0526. The molecule has 0 unspecified atom stereocenters. The number of nitrogens with zero attached hydrogens (tertiary/aromatic N) is 1. The first-order chi connectivity index (χ1) is 10.3. The average Bonchev–Trinajstić information content (AvgIpc) is 2.57. The van der Waals surface area contributed by atoms with Gasteiger partial charge in [-0.3, -0.25) is 9.78 Å². The van der Waals surface area contributed by atoms with Gasteiger partial charge in [0.2, 0.25) is 0 Å². The highest BCUT2D eigenvalue weighted by molar-refractivity contribution is 5.97. The van der Waals surface area contributed by atoms with Crippen LogP contribution in [0.5, 0.6) is 0 Å². The number of carbonyl (C=O) groups is 1. The Morgan fingerprint density at radius 1 is 0.810 bits per heavy atom. The predicted octanol–water partition coefficient (Wildman–Crippen LogP) is 4.17. The Morgan fingerprint density at radius 2 is 1.52 bits per heavy atom. The molecule has 2 aromatic carbocycles. The van der Waals surface area contributed by atoms with E-state index in [1.165, 1.54) is 0 Å². The molecule has 0 spiro atoms. The number of ketones is 1. The van der Waals surface area contributed by atoms with E-state index in [1.807, 2.05) is 72.8 Å². The minimum absolute atomic E-state index is 0.140. The second-order valence-electron chi connectivity index (χ2n) is 4.88. The Labute approximate surface area is 124 Å². The summed E-state index contributed by atoms with van der Waals surface area (Å²) in [7, 11) is 0. The van der Waals surface area contributed by atoms with E-state index >= 15 is 0 Å². The van der Waals surface area contributed by atoms with Crippen molar-refractivity contribution >= 4 is 5.78 Å². The van der Waals surface area contributed by atoms with E-state index in [9.17, 15) is 4.79 Å². The molecule has 0 atom stereocenters. The third-order valence-corrected chi connectivity index (χ3v) is 3.38. The van der Waals surface area contributed by atoms with E-state index < -0.39 is 0 Å². The van der Waals surface area contributed by atoms with Gasteiger partial charge in [0.05, 0.1) is 5.69 Å². The van der Waals surface area contributed by atoms with Crippen molar-refractivity contribution in [2.24, 2.45) is 0 Å². The highest BCUT2D eigenvalue weighted by Crippen LogP contribution is 2.17. The number of aromatic nitrogens is 1. The second-order valence-corrected chi connectivity index (χ2v) is 4.88. The van der Waals surface area contributed by atoms with E-state index in [-0.39, 0.29) is 5.78 Å². The third kappa shape index (κ3) is 3.23. The standard InChI is InChI=1S/C19H15NO/c21-19(17-6-2-1-3-7-17)14-15-9-11-16(12-10-15)18-8-4-5-13-20-18/h1-13H,14H2. The van der Waals surface area contributed by atoms with Crippen molar-refractivity contribution in [2.45, 2.75) is 6.42 Å². The molecular formula is C19H15NO. The molecule has 2 nitrogen and oxygen atoms in total. The topological polar surface area (TPSA) is 30.0 Å². The monoisotopic (exact) mass is 273 g/mol. The first kappa shape index (κ1) is 13.3. The quantitative estimate of drug-likeness (QED) is 0.668. The fourth-order valence-corrected chi connectivity index (χ4v) is 2.24. The largest absolute Gasteiger partial charge is 0.294 e. The van der Waals surface area contributed by atoms with Crippen LogP contribution >= 0.6 is 0 Å². The number of carbonyl (C=O) groups excluding carboxylic acids is 1. The van der Waals surface area contributed by atoms with Gasteiger partial charge in [0.25, 0.3) is 0 Å². The van der Waals surface area contributed by atoms with Gasteiger partial charge in [-0.1, -0.05) is 60.7 Å².